The maximum Gasteiger partial charge on any atom is 0.351 e. The van der Waals surface area contributed by atoms with Crippen molar-refractivity contribution in [1.82, 2.24) is 19.7 Å². The van der Waals surface area contributed by atoms with Crippen LogP contribution in [0.3, 0.4) is 0 Å². The molecule has 7 atom stereocenters. The van der Waals surface area contributed by atoms with Crippen LogP contribution in [0.25, 0.3) is 0 Å². The lowest BCUT2D eigenvalue weighted by Crippen LogP contribution is -2.45. The number of hydrogen-bond donors (Lipinski definition) is 4. The lowest BCUT2D eigenvalue weighted by molar-refractivity contribution is -0.152. The molecule has 1 aliphatic heterocycles. The van der Waals surface area contributed by atoms with Crippen molar-refractivity contribution in [3.63, 3.8) is 0 Å². The van der Waals surface area contributed by atoms with Gasteiger partial charge in [0.25, 0.3) is 0 Å². The summed E-state index contributed by atoms with van der Waals surface area (Å²) in [6.45, 7) is 4.50. The number of halogens is 1. The minimum absolute atomic E-state index is 0.0147. The summed E-state index contributed by atoms with van der Waals surface area (Å²) in [6.07, 6.45) is 4.26. The highest BCUT2D eigenvalue weighted by Crippen LogP contribution is 2.69. The van der Waals surface area contributed by atoms with Crippen molar-refractivity contribution in [2.24, 2.45) is 0 Å². The van der Waals surface area contributed by atoms with E-state index in [9.17, 15) is 24.1 Å². The fourth-order valence-electron chi connectivity index (χ4n) is 6.80. The zero-order valence-electron chi connectivity index (χ0n) is 26.0. The number of carbonyl (C=O) groups excluding carboxylic acids is 2. The number of alkyl halides is 1. The standard InChI is InChI=1S/C29H45FN5O9P/c1-4-28-26(29(28,39)22(30)23(43-28)35-16-15-21(31)32-27(35)38)44-45(40,33-17(2)24(36)41-19-11-7-5-8-12-19)34-18(3)25(37)42-20-13-9-6-10-14-20/h15-20,22-23,26,39H,4-14H2,1-3H3,(H2,31,32,38)(H2,33,34,40)/t17-,18-,22-,23+,26?,28+,29+/m0/s1. The summed E-state index contributed by atoms with van der Waals surface area (Å²) in [5, 5.41) is 16.8. The molecule has 1 saturated heterocycles. The normalized spacial score (nSPS) is 32.0. The largest absolute Gasteiger partial charge is 0.461 e. The molecule has 16 heteroatoms. The highest BCUT2D eigenvalue weighted by atomic mass is 31.2. The Hall–Kier alpha value is -2.42. The molecule has 14 nitrogen and oxygen atoms in total. The van der Waals surface area contributed by atoms with Crippen LogP contribution in [-0.2, 0) is 32.9 Å². The average Bonchev–Trinajstić information content (AvgIpc) is 3.41. The van der Waals surface area contributed by atoms with E-state index in [1.165, 1.54) is 26.1 Å². The zero-order valence-corrected chi connectivity index (χ0v) is 26.9. The number of aliphatic hydroxyl groups is 1. The molecule has 2 heterocycles. The Balaban J connectivity index is 1.34. The summed E-state index contributed by atoms with van der Waals surface area (Å²) >= 11 is 0. The van der Waals surface area contributed by atoms with E-state index in [0.717, 1.165) is 68.8 Å². The first kappa shape index (κ1) is 33.9. The van der Waals surface area contributed by atoms with Gasteiger partial charge in [0.1, 0.15) is 41.8 Å². The predicted molar refractivity (Wildman–Crippen MR) is 160 cm³/mol. The smallest absolute Gasteiger partial charge is 0.351 e. The number of rotatable bonds is 12. The summed E-state index contributed by atoms with van der Waals surface area (Å²) in [4.78, 5) is 42.0. The molecular formula is C29H45FN5O9P. The molecule has 5 rings (SSSR count). The van der Waals surface area contributed by atoms with E-state index in [-0.39, 0.29) is 24.4 Å². The molecule has 3 saturated carbocycles. The van der Waals surface area contributed by atoms with E-state index >= 15 is 4.39 Å². The third kappa shape index (κ3) is 6.70. The van der Waals surface area contributed by atoms with Crippen LogP contribution in [0, 0.1) is 0 Å². The van der Waals surface area contributed by atoms with E-state index in [0.29, 0.717) is 0 Å². The predicted octanol–water partition coefficient (Wildman–Crippen LogP) is 2.79. The minimum Gasteiger partial charge on any atom is -0.461 e. The van der Waals surface area contributed by atoms with E-state index in [4.69, 9.17) is 24.5 Å². The number of hydrogen-bond acceptors (Lipinski definition) is 11. The Kier molecular flexibility index (Phi) is 10.1. The molecule has 0 radical (unpaired) electrons. The monoisotopic (exact) mass is 657 g/mol. The molecule has 252 valence electrons. The van der Waals surface area contributed by atoms with Crippen molar-refractivity contribution in [2.45, 2.75) is 145 Å². The SMILES string of the molecule is CC[C@]12O[C@@H](n3ccc(N)nc3=O)[C@H](F)[C@@]1(O)C2OP(=O)(N[C@@H](C)C(=O)OC1CCCCC1)N[C@@H](C)C(=O)OC1CCCCC1. The lowest BCUT2D eigenvalue weighted by atomic mass is 9.98. The third-order valence-corrected chi connectivity index (χ3v) is 11.4. The first-order valence-electron chi connectivity index (χ1n) is 16.0. The van der Waals surface area contributed by atoms with Gasteiger partial charge in [0.05, 0.1) is 0 Å². The first-order chi connectivity index (χ1) is 21.3. The summed E-state index contributed by atoms with van der Waals surface area (Å²) in [5.41, 5.74) is 0.664. The topological polar surface area (TPSA) is 193 Å². The number of nitrogens with zero attached hydrogens (tertiary/aromatic N) is 2. The average molecular weight is 658 g/mol. The van der Waals surface area contributed by atoms with Gasteiger partial charge in [-0.2, -0.15) is 4.98 Å². The molecule has 4 aliphatic rings. The van der Waals surface area contributed by atoms with Crippen molar-refractivity contribution in [3.05, 3.63) is 22.7 Å². The van der Waals surface area contributed by atoms with Crippen molar-refractivity contribution >= 4 is 25.4 Å². The van der Waals surface area contributed by atoms with E-state index in [1.54, 1.807) is 6.92 Å². The van der Waals surface area contributed by atoms with Gasteiger partial charge in [0.15, 0.2) is 18.0 Å². The maximum atomic E-state index is 16.0. The van der Waals surface area contributed by atoms with Crippen LogP contribution in [0.2, 0.25) is 0 Å². The van der Waals surface area contributed by atoms with Crippen molar-refractivity contribution < 1.29 is 42.4 Å². The van der Waals surface area contributed by atoms with Gasteiger partial charge in [-0.15, -0.1) is 0 Å². The zero-order chi connectivity index (χ0) is 32.6. The summed E-state index contributed by atoms with van der Waals surface area (Å²) in [7, 11) is -4.43. The second-order valence-corrected chi connectivity index (χ2v) is 14.5. The number of carbonyl (C=O) groups is 2. The van der Waals surface area contributed by atoms with E-state index in [2.05, 4.69) is 15.2 Å². The van der Waals surface area contributed by atoms with E-state index in [1.807, 2.05) is 0 Å². The molecule has 0 spiro atoms. The van der Waals surface area contributed by atoms with Crippen molar-refractivity contribution in [3.8, 4) is 0 Å². The Labute approximate surface area is 261 Å². The number of anilines is 1. The van der Waals surface area contributed by atoms with Gasteiger partial charge in [0, 0.05) is 6.20 Å². The molecule has 0 bridgehead atoms. The van der Waals surface area contributed by atoms with Crippen LogP contribution in [0.5, 0.6) is 0 Å². The number of fused-ring (bicyclic) bond motifs is 1. The Morgan fingerprint density at radius 3 is 2.04 bits per heavy atom. The van der Waals surface area contributed by atoms with Gasteiger partial charge in [-0.25, -0.2) is 19.4 Å². The highest BCUT2D eigenvalue weighted by Gasteiger charge is 2.89. The van der Waals surface area contributed by atoms with Gasteiger partial charge in [-0.05, 0) is 77.7 Å². The summed E-state index contributed by atoms with van der Waals surface area (Å²) in [5.74, 6) is -1.40. The van der Waals surface area contributed by atoms with Gasteiger partial charge in [0.2, 0.25) is 0 Å². The summed E-state index contributed by atoms with van der Waals surface area (Å²) < 4.78 is 54.4. The van der Waals surface area contributed by atoms with Gasteiger partial charge in [-0.3, -0.25) is 23.2 Å². The van der Waals surface area contributed by atoms with Crippen molar-refractivity contribution in [2.75, 3.05) is 5.73 Å². The van der Waals surface area contributed by atoms with Crippen LogP contribution < -0.4 is 21.6 Å². The Morgan fingerprint density at radius 1 is 1.09 bits per heavy atom. The molecule has 4 fully saturated rings. The number of nitrogen functional groups attached to an aromatic ring is 1. The molecule has 3 aliphatic carbocycles. The summed E-state index contributed by atoms with van der Waals surface area (Å²) in [6, 6.07) is -1.03. The molecule has 45 heavy (non-hydrogen) atoms. The molecule has 0 amide bonds. The fourth-order valence-corrected chi connectivity index (χ4v) is 8.86. The number of ether oxygens (including phenoxy) is 3. The first-order valence-corrected chi connectivity index (χ1v) is 17.6. The van der Waals surface area contributed by atoms with E-state index < -0.39 is 67.1 Å². The Bertz CT molecular complexity index is 1310. The number of nitrogens with one attached hydrogen (secondary N) is 2. The molecule has 1 aromatic heterocycles. The van der Waals surface area contributed by atoms with Crippen molar-refractivity contribution in [1.29, 1.82) is 0 Å². The van der Waals surface area contributed by atoms with Gasteiger partial charge >= 0.3 is 25.3 Å². The van der Waals surface area contributed by atoms with Crippen LogP contribution in [0.15, 0.2) is 17.1 Å². The van der Waals surface area contributed by atoms with Crippen LogP contribution >= 0.6 is 7.67 Å². The number of aromatic nitrogens is 2. The minimum atomic E-state index is -4.43. The molecule has 0 aromatic carbocycles. The maximum absolute atomic E-state index is 16.0. The molecule has 1 aromatic rings. The number of esters is 2. The molecule has 1 unspecified atom stereocenters. The second kappa shape index (κ2) is 13.4. The molecule has 5 N–H and O–H groups in total. The lowest BCUT2D eigenvalue weighted by Gasteiger charge is -2.30. The van der Waals surface area contributed by atoms with Crippen LogP contribution in [0.4, 0.5) is 10.2 Å². The second-order valence-electron chi connectivity index (χ2n) is 12.7. The van der Waals surface area contributed by atoms with Gasteiger partial charge < -0.3 is 25.1 Å². The number of nitrogens with two attached hydrogens (primary N) is 1. The third-order valence-electron chi connectivity index (χ3n) is 9.43. The Morgan fingerprint density at radius 2 is 1.60 bits per heavy atom. The van der Waals surface area contributed by atoms with Crippen LogP contribution in [-0.4, -0.2) is 74.4 Å². The highest BCUT2D eigenvalue weighted by molar-refractivity contribution is 7.54. The molecular weight excluding hydrogens is 612 g/mol. The van der Waals surface area contributed by atoms with Gasteiger partial charge in [-0.1, -0.05) is 19.8 Å². The quantitative estimate of drug-likeness (QED) is 0.190. The fraction of sp³-hybridized carbons (Fsp3) is 0.793. The van der Waals surface area contributed by atoms with Crippen LogP contribution in [0.1, 0.15) is 97.6 Å².